The Kier molecular flexibility index (Phi) is 5.97. The summed E-state index contributed by atoms with van der Waals surface area (Å²) in [4.78, 5) is 13.8. The molecule has 4 rings (SSSR count). The topological polar surface area (TPSA) is 62.2 Å². The predicted octanol–water partition coefficient (Wildman–Crippen LogP) is 2.12. The molecule has 150 valence electrons. The van der Waals surface area contributed by atoms with Gasteiger partial charge in [0.1, 0.15) is 0 Å². The number of piperazine rings is 1. The number of nitrogens with one attached hydrogen (secondary N) is 1. The molecule has 0 unspecified atom stereocenters. The number of benzene rings is 1. The number of aliphatic imine (C=N–C) groups is 1. The Morgan fingerprint density at radius 2 is 2.04 bits per heavy atom. The number of hydrogen-bond donors (Lipinski definition) is 1. The molecule has 1 aromatic carbocycles. The second-order valence-corrected chi connectivity index (χ2v) is 8.09. The van der Waals surface area contributed by atoms with E-state index in [0.717, 1.165) is 73.8 Å². The van der Waals surface area contributed by atoms with Crippen molar-refractivity contribution in [3.63, 3.8) is 0 Å². The fourth-order valence-corrected chi connectivity index (χ4v) is 4.22. The van der Waals surface area contributed by atoms with Gasteiger partial charge in [0, 0.05) is 58.1 Å². The minimum absolute atomic E-state index is 0.325. The second kappa shape index (κ2) is 8.79. The van der Waals surface area contributed by atoms with E-state index in [4.69, 9.17) is 9.47 Å². The lowest BCUT2D eigenvalue weighted by Crippen LogP contribution is -2.52. The minimum atomic E-state index is 0.325. The Hall–Kier alpha value is -2.32. The Labute approximate surface area is 170 Å². The Morgan fingerprint density at radius 3 is 2.79 bits per heavy atom. The van der Waals surface area contributed by atoms with Crippen molar-refractivity contribution in [3.05, 3.63) is 39.8 Å². The Bertz CT molecular complexity index is 830. The van der Waals surface area contributed by atoms with Gasteiger partial charge in [-0.2, -0.15) is 0 Å². The molecule has 0 bridgehead atoms. The SMILES string of the molecule is CN=C(NCCc1csc(C)n1)N1CCN(Cc2ccc3c(c2)OCO3)CC1. The van der Waals surface area contributed by atoms with Gasteiger partial charge in [0.15, 0.2) is 17.5 Å². The summed E-state index contributed by atoms with van der Waals surface area (Å²) in [7, 11) is 1.86. The average molecular weight is 402 g/mol. The summed E-state index contributed by atoms with van der Waals surface area (Å²) >= 11 is 1.70. The summed E-state index contributed by atoms with van der Waals surface area (Å²) < 4.78 is 10.9. The number of fused-ring (bicyclic) bond motifs is 1. The lowest BCUT2D eigenvalue weighted by Gasteiger charge is -2.36. The first kappa shape index (κ1) is 19.0. The van der Waals surface area contributed by atoms with E-state index in [2.05, 4.69) is 42.6 Å². The van der Waals surface area contributed by atoms with E-state index in [1.807, 2.05) is 20.0 Å². The zero-order valence-corrected chi connectivity index (χ0v) is 17.3. The molecule has 0 atom stereocenters. The third kappa shape index (κ3) is 4.56. The van der Waals surface area contributed by atoms with Crippen molar-refractivity contribution in [1.29, 1.82) is 0 Å². The molecule has 1 saturated heterocycles. The molecule has 28 heavy (non-hydrogen) atoms. The van der Waals surface area contributed by atoms with E-state index in [1.165, 1.54) is 5.56 Å². The minimum Gasteiger partial charge on any atom is -0.454 e. The highest BCUT2D eigenvalue weighted by Crippen LogP contribution is 2.32. The molecular weight excluding hydrogens is 374 g/mol. The van der Waals surface area contributed by atoms with Gasteiger partial charge < -0.3 is 19.7 Å². The van der Waals surface area contributed by atoms with Crippen LogP contribution in [0.25, 0.3) is 0 Å². The van der Waals surface area contributed by atoms with Crippen LogP contribution in [0.4, 0.5) is 0 Å². The summed E-state index contributed by atoms with van der Waals surface area (Å²) in [6.07, 6.45) is 0.924. The number of aromatic nitrogens is 1. The molecule has 0 radical (unpaired) electrons. The lowest BCUT2D eigenvalue weighted by molar-refractivity contribution is 0.171. The summed E-state index contributed by atoms with van der Waals surface area (Å²) in [5.41, 5.74) is 2.41. The Balaban J connectivity index is 1.23. The van der Waals surface area contributed by atoms with E-state index >= 15 is 0 Å². The van der Waals surface area contributed by atoms with Crippen LogP contribution >= 0.6 is 11.3 Å². The molecule has 2 aromatic rings. The van der Waals surface area contributed by atoms with Gasteiger partial charge in [-0.3, -0.25) is 9.89 Å². The summed E-state index contributed by atoms with van der Waals surface area (Å²) in [6.45, 7) is 8.13. The fraction of sp³-hybridized carbons (Fsp3) is 0.500. The van der Waals surface area contributed by atoms with Crippen LogP contribution < -0.4 is 14.8 Å². The van der Waals surface area contributed by atoms with E-state index in [1.54, 1.807) is 11.3 Å². The van der Waals surface area contributed by atoms with Gasteiger partial charge in [-0.05, 0) is 24.6 Å². The number of nitrogens with zero attached hydrogens (tertiary/aromatic N) is 4. The Morgan fingerprint density at radius 1 is 1.21 bits per heavy atom. The van der Waals surface area contributed by atoms with Crippen molar-refractivity contribution >= 4 is 17.3 Å². The maximum absolute atomic E-state index is 5.49. The average Bonchev–Trinajstić information content (AvgIpc) is 3.34. The molecule has 2 aliphatic heterocycles. The molecule has 1 fully saturated rings. The van der Waals surface area contributed by atoms with Gasteiger partial charge in [0.2, 0.25) is 6.79 Å². The molecule has 1 N–H and O–H groups in total. The number of aryl methyl sites for hydroxylation is 1. The number of hydrogen-bond acceptors (Lipinski definition) is 6. The molecule has 0 aliphatic carbocycles. The van der Waals surface area contributed by atoms with Crippen molar-refractivity contribution in [3.8, 4) is 11.5 Å². The smallest absolute Gasteiger partial charge is 0.231 e. The van der Waals surface area contributed by atoms with E-state index in [-0.39, 0.29) is 0 Å². The number of thiazole rings is 1. The van der Waals surface area contributed by atoms with Crippen LogP contribution in [-0.2, 0) is 13.0 Å². The van der Waals surface area contributed by atoms with Crippen molar-refractivity contribution in [2.24, 2.45) is 4.99 Å². The van der Waals surface area contributed by atoms with Gasteiger partial charge >= 0.3 is 0 Å². The van der Waals surface area contributed by atoms with E-state index < -0.39 is 0 Å². The van der Waals surface area contributed by atoms with Crippen LogP contribution in [0.1, 0.15) is 16.3 Å². The van der Waals surface area contributed by atoms with Crippen LogP contribution in [0.2, 0.25) is 0 Å². The van der Waals surface area contributed by atoms with E-state index in [9.17, 15) is 0 Å². The predicted molar refractivity (Wildman–Crippen MR) is 111 cm³/mol. The molecule has 7 nitrogen and oxygen atoms in total. The highest BCUT2D eigenvalue weighted by molar-refractivity contribution is 7.09. The standard InChI is InChI=1S/C20H27N5O2S/c1-15-23-17(13-28-15)5-6-22-20(21-2)25-9-7-24(8-10-25)12-16-3-4-18-19(11-16)27-14-26-18/h3-4,11,13H,5-10,12,14H2,1-2H3,(H,21,22). The van der Waals surface area contributed by atoms with Crippen molar-refractivity contribution in [2.45, 2.75) is 19.9 Å². The van der Waals surface area contributed by atoms with Crippen molar-refractivity contribution in [1.82, 2.24) is 20.1 Å². The summed E-state index contributed by atoms with van der Waals surface area (Å²) in [5, 5.41) is 6.74. The molecule has 8 heteroatoms. The molecule has 3 heterocycles. The first-order valence-corrected chi connectivity index (χ1v) is 10.6. The lowest BCUT2D eigenvalue weighted by atomic mass is 10.1. The van der Waals surface area contributed by atoms with Gasteiger partial charge in [-0.1, -0.05) is 6.07 Å². The van der Waals surface area contributed by atoms with Gasteiger partial charge in [0.25, 0.3) is 0 Å². The fourth-order valence-electron chi connectivity index (χ4n) is 3.57. The molecule has 2 aliphatic rings. The first-order chi connectivity index (χ1) is 13.7. The number of rotatable bonds is 5. The molecule has 1 aromatic heterocycles. The molecule has 0 saturated carbocycles. The van der Waals surface area contributed by atoms with E-state index in [0.29, 0.717) is 6.79 Å². The third-order valence-electron chi connectivity index (χ3n) is 5.06. The zero-order chi connectivity index (χ0) is 19.3. The molecule has 0 amide bonds. The summed E-state index contributed by atoms with van der Waals surface area (Å²) in [6, 6.07) is 6.22. The van der Waals surface area contributed by atoms with Gasteiger partial charge in [-0.25, -0.2) is 4.98 Å². The monoisotopic (exact) mass is 401 g/mol. The largest absolute Gasteiger partial charge is 0.454 e. The number of guanidine groups is 1. The van der Waals surface area contributed by atoms with Crippen LogP contribution in [0.3, 0.4) is 0 Å². The number of ether oxygens (including phenoxy) is 2. The highest BCUT2D eigenvalue weighted by Gasteiger charge is 2.20. The van der Waals surface area contributed by atoms with Crippen LogP contribution in [0.5, 0.6) is 11.5 Å². The zero-order valence-electron chi connectivity index (χ0n) is 16.5. The van der Waals surface area contributed by atoms with Crippen LogP contribution in [-0.4, -0.2) is 67.3 Å². The quantitative estimate of drug-likeness (QED) is 0.612. The molecule has 0 spiro atoms. The third-order valence-corrected chi connectivity index (χ3v) is 5.88. The van der Waals surface area contributed by atoms with Crippen molar-refractivity contribution in [2.75, 3.05) is 46.6 Å². The second-order valence-electron chi connectivity index (χ2n) is 7.03. The first-order valence-electron chi connectivity index (χ1n) is 9.69. The summed E-state index contributed by atoms with van der Waals surface area (Å²) in [5.74, 6) is 2.68. The maximum atomic E-state index is 5.49. The van der Waals surface area contributed by atoms with Gasteiger partial charge in [0.05, 0.1) is 10.7 Å². The molecular formula is C20H27N5O2S. The maximum Gasteiger partial charge on any atom is 0.231 e. The van der Waals surface area contributed by atoms with Gasteiger partial charge in [-0.15, -0.1) is 11.3 Å². The normalized spacial score (nSPS) is 17.2. The van der Waals surface area contributed by atoms with Crippen molar-refractivity contribution < 1.29 is 9.47 Å². The highest BCUT2D eigenvalue weighted by atomic mass is 32.1. The van der Waals surface area contributed by atoms with Crippen LogP contribution in [0, 0.1) is 6.92 Å². The van der Waals surface area contributed by atoms with Crippen LogP contribution in [0.15, 0.2) is 28.6 Å².